The zero-order chi connectivity index (χ0) is 19.5. The second-order valence-electron chi connectivity index (χ2n) is 6.73. The first-order valence-electron chi connectivity index (χ1n) is 9.28. The van der Waals surface area contributed by atoms with Gasteiger partial charge in [0.05, 0.1) is 24.3 Å². The van der Waals surface area contributed by atoms with Gasteiger partial charge < -0.3 is 14.1 Å². The van der Waals surface area contributed by atoms with Gasteiger partial charge in [0.1, 0.15) is 17.2 Å². The van der Waals surface area contributed by atoms with Crippen LogP contribution in [0, 0.1) is 0 Å². The average Bonchev–Trinajstić information content (AvgIpc) is 3.32. The number of amides is 1. The molecule has 3 aromatic rings. The van der Waals surface area contributed by atoms with Crippen molar-refractivity contribution in [2.24, 2.45) is 7.05 Å². The standard InChI is InChI=1S/C21H23N3O3S/c1-23-18(14-17(22-23)15-5-3-6-16(13-15)26-2)21(25)24-9-8-20(28-12-10-24)19-7-4-11-27-19/h3-7,11,13-14,20H,8-10,12H2,1-2H3. The molecule has 0 N–H and O–H groups in total. The molecule has 1 fully saturated rings. The fourth-order valence-electron chi connectivity index (χ4n) is 3.43. The van der Waals surface area contributed by atoms with Crippen LogP contribution in [0.4, 0.5) is 0 Å². The highest BCUT2D eigenvalue weighted by Gasteiger charge is 2.26. The maximum atomic E-state index is 13.1. The van der Waals surface area contributed by atoms with Gasteiger partial charge in [-0.15, -0.1) is 11.8 Å². The van der Waals surface area contributed by atoms with Crippen LogP contribution in [-0.4, -0.2) is 46.5 Å². The van der Waals surface area contributed by atoms with Gasteiger partial charge in [-0.05, 0) is 36.8 Å². The summed E-state index contributed by atoms with van der Waals surface area (Å²) in [5.74, 6) is 2.66. The van der Waals surface area contributed by atoms with Crippen LogP contribution in [0.1, 0.15) is 27.9 Å². The topological polar surface area (TPSA) is 60.5 Å². The number of methoxy groups -OCH3 is 1. The van der Waals surface area contributed by atoms with Crippen molar-refractivity contribution in [3.63, 3.8) is 0 Å². The smallest absolute Gasteiger partial charge is 0.272 e. The lowest BCUT2D eigenvalue weighted by Crippen LogP contribution is -2.34. The van der Waals surface area contributed by atoms with E-state index in [-0.39, 0.29) is 5.91 Å². The Balaban J connectivity index is 1.51. The highest BCUT2D eigenvalue weighted by molar-refractivity contribution is 7.99. The monoisotopic (exact) mass is 397 g/mol. The van der Waals surface area contributed by atoms with E-state index in [1.54, 1.807) is 18.1 Å². The Hall–Kier alpha value is -2.67. The first-order valence-corrected chi connectivity index (χ1v) is 10.3. The summed E-state index contributed by atoms with van der Waals surface area (Å²) in [7, 11) is 3.45. The number of furan rings is 1. The highest BCUT2D eigenvalue weighted by Crippen LogP contribution is 2.35. The molecule has 3 heterocycles. The number of aryl methyl sites for hydroxylation is 1. The molecule has 1 unspecified atom stereocenters. The van der Waals surface area contributed by atoms with Crippen LogP contribution in [0.3, 0.4) is 0 Å². The van der Waals surface area contributed by atoms with Gasteiger partial charge >= 0.3 is 0 Å². The molecule has 0 saturated carbocycles. The number of rotatable bonds is 4. The van der Waals surface area contributed by atoms with Crippen LogP contribution in [0.2, 0.25) is 0 Å². The first kappa shape index (κ1) is 18.7. The summed E-state index contributed by atoms with van der Waals surface area (Å²) < 4.78 is 12.5. The number of carbonyl (C=O) groups is 1. The normalized spacial score (nSPS) is 17.4. The van der Waals surface area contributed by atoms with Crippen LogP contribution in [0.5, 0.6) is 5.75 Å². The fourth-order valence-corrected chi connectivity index (χ4v) is 4.61. The lowest BCUT2D eigenvalue weighted by atomic mass is 10.1. The SMILES string of the molecule is COc1cccc(-c2cc(C(=O)N3CCSC(c4ccco4)CC3)n(C)n2)c1. The van der Waals surface area contributed by atoms with Crippen LogP contribution in [0.15, 0.2) is 53.1 Å². The predicted molar refractivity (Wildman–Crippen MR) is 110 cm³/mol. The second-order valence-corrected chi connectivity index (χ2v) is 8.04. The van der Waals surface area contributed by atoms with E-state index in [1.807, 2.05) is 66.2 Å². The Morgan fingerprint density at radius 3 is 2.93 bits per heavy atom. The van der Waals surface area contributed by atoms with Gasteiger partial charge in [0.15, 0.2) is 0 Å². The third-order valence-electron chi connectivity index (χ3n) is 4.95. The van der Waals surface area contributed by atoms with Gasteiger partial charge in [0, 0.05) is 31.5 Å². The zero-order valence-corrected chi connectivity index (χ0v) is 16.8. The number of aromatic nitrogens is 2. The van der Waals surface area contributed by atoms with Crippen molar-refractivity contribution in [2.75, 3.05) is 26.0 Å². The van der Waals surface area contributed by atoms with Gasteiger partial charge in [-0.2, -0.15) is 5.10 Å². The van der Waals surface area contributed by atoms with Crippen molar-refractivity contribution < 1.29 is 13.9 Å². The van der Waals surface area contributed by atoms with Gasteiger partial charge in [-0.3, -0.25) is 9.48 Å². The summed E-state index contributed by atoms with van der Waals surface area (Å²) in [6.45, 7) is 1.43. The lowest BCUT2D eigenvalue weighted by molar-refractivity contribution is 0.0755. The van der Waals surface area contributed by atoms with Gasteiger partial charge in [0.2, 0.25) is 0 Å². The molecule has 1 atom stereocenters. The molecule has 1 amide bonds. The summed E-state index contributed by atoms with van der Waals surface area (Å²) in [4.78, 5) is 15.1. The Morgan fingerprint density at radius 1 is 1.25 bits per heavy atom. The van der Waals surface area contributed by atoms with Crippen LogP contribution in [-0.2, 0) is 7.05 Å². The quantitative estimate of drug-likeness (QED) is 0.666. The molecular formula is C21H23N3O3S. The molecular weight excluding hydrogens is 374 g/mol. The van der Waals surface area contributed by atoms with Crippen LogP contribution >= 0.6 is 11.8 Å². The molecule has 0 radical (unpaired) electrons. The fraction of sp³-hybridized carbons (Fsp3) is 0.333. The molecule has 2 aromatic heterocycles. The summed E-state index contributed by atoms with van der Waals surface area (Å²) in [5, 5.41) is 4.84. The molecule has 1 saturated heterocycles. The Kier molecular flexibility index (Phi) is 5.43. The second kappa shape index (κ2) is 8.14. The van der Waals surface area contributed by atoms with E-state index in [1.165, 1.54) is 0 Å². The van der Waals surface area contributed by atoms with Crippen molar-refractivity contribution >= 4 is 17.7 Å². The van der Waals surface area contributed by atoms with Crippen molar-refractivity contribution in [3.8, 4) is 17.0 Å². The molecule has 0 bridgehead atoms. The largest absolute Gasteiger partial charge is 0.497 e. The zero-order valence-electron chi connectivity index (χ0n) is 16.0. The van der Waals surface area contributed by atoms with Crippen molar-refractivity contribution in [3.05, 3.63) is 60.2 Å². The Bertz CT molecular complexity index is 952. The molecule has 28 heavy (non-hydrogen) atoms. The third kappa shape index (κ3) is 3.80. The summed E-state index contributed by atoms with van der Waals surface area (Å²) in [6, 6.07) is 13.5. The highest BCUT2D eigenvalue weighted by atomic mass is 32.2. The Morgan fingerprint density at radius 2 is 2.14 bits per heavy atom. The van der Waals surface area contributed by atoms with Gasteiger partial charge in [0.25, 0.3) is 5.91 Å². The van der Waals surface area contributed by atoms with Gasteiger partial charge in [-0.1, -0.05) is 12.1 Å². The minimum atomic E-state index is 0.0184. The summed E-state index contributed by atoms with van der Waals surface area (Å²) in [5.41, 5.74) is 2.29. The van der Waals surface area contributed by atoms with E-state index >= 15 is 0 Å². The minimum Gasteiger partial charge on any atom is -0.497 e. The Labute approximate surface area is 168 Å². The molecule has 1 aliphatic rings. The molecule has 0 spiro atoms. The number of hydrogen-bond acceptors (Lipinski definition) is 5. The maximum absolute atomic E-state index is 13.1. The molecule has 1 aliphatic heterocycles. The number of nitrogens with zero attached hydrogens (tertiary/aromatic N) is 3. The summed E-state index contributed by atoms with van der Waals surface area (Å²) in [6.07, 6.45) is 2.59. The molecule has 146 valence electrons. The molecule has 7 heteroatoms. The molecule has 6 nitrogen and oxygen atoms in total. The number of hydrogen-bond donors (Lipinski definition) is 0. The number of ether oxygens (including phenoxy) is 1. The van der Waals surface area contributed by atoms with Crippen molar-refractivity contribution in [2.45, 2.75) is 11.7 Å². The minimum absolute atomic E-state index is 0.0184. The van der Waals surface area contributed by atoms with Crippen molar-refractivity contribution in [1.82, 2.24) is 14.7 Å². The number of carbonyl (C=O) groups excluding carboxylic acids is 1. The van der Waals surface area contributed by atoms with E-state index in [2.05, 4.69) is 5.10 Å². The molecule has 4 rings (SSSR count). The predicted octanol–water partition coefficient (Wildman–Crippen LogP) is 4.01. The van der Waals surface area contributed by atoms with Gasteiger partial charge in [-0.25, -0.2) is 0 Å². The van der Waals surface area contributed by atoms with E-state index in [0.717, 1.165) is 41.5 Å². The number of thioether (sulfide) groups is 1. The summed E-state index contributed by atoms with van der Waals surface area (Å²) >= 11 is 1.84. The van der Waals surface area contributed by atoms with E-state index in [4.69, 9.17) is 9.15 Å². The van der Waals surface area contributed by atoms with Crippen LogP contribution < -0.4 is 4.74 Å². The van der Waals surface area contributed by atoms with E-state index < -0.39 is 0 Å². The average molecular weight is 398 g/mol. The lowest BCUT2D eigenvalue weighted by Gasteiger charge is -2.19. The number of benzene rings is 1. The third-order valence-corrected chi connectivity index (χ3v) is 6.24. The molecule has 0 aliphatic carbocycles. The van der Waals surface area contributed by atoms with Crippen LogP contribution in [0.25, 0.3) is 11.3 Å². The maximum Gasteiger partial charge on any atom is 0.272 e. The van der Waals surface area contributed by atoms with E-state index in [0.29, 0.717) is 17.5 Å². The molecule has 1 aromatic carbocycles. The van der Waals surface area contributed by atoms with Crippen molar-refractivity contribution in [1.29, 1.82) is 0 Å². The van der Waals surface area contributed by atoms with E-state index in [9.17, 15) is 4.79 Å². The first-order chi connectivity index (χ1) is 13.7.